The van der Waals surface area contributed by atoms with E-state index in [2.05, 4.69) is 71.6 Å². The maximum absolute atomic E-state index is 10.6. The summed E-state index contributed by atoms with van der Waals surface area (Å²) >= 11 is 0. The first-order chi connectivity index (χ1) is 14.1. The van der Waals surface area contributed by atoms with E-state index in [1.807, 2.05) is 6.07 Å². The van der Waals surface area contributed by atoms with Gasteiger partial charge in [0.05, 0.1) is 0 Å². The van der Waals surface area contributed by atoms with Crippen molar-refractivity contribution >= 4 is 10.9 Å². The number of hydrogen-bond donors (Lipinski definition) is 2. The van der Waals surface area contributed by atoms with Crippen molar-refractivity contribution in [3.05, 3.63) is 63.3 Å². The Labute approximate surface area is 180 Å². The highest BCUT2D eigenvalue weighted by Crippen LogP contribution is 2.58. The van der Waals surface area contributed by atoms with E-state index in [1.165, 1.54) is 56.4 Å². The number of nitrogens with one attached hydrogen (secondary N) is 1. The van der Waals surface area contributed by atoms with Gasteiger partial charge in [0.25, 0.3) is 0 Å². The first kappa shape index (κ1) is 19.7. The third kappa shape index (κ3) is 2.37. The van der Waals surface area contributed by atoms with Crippen LogP contribution in [0.3, 0.4) is 0 Å². The number of fused-ring (bicyclic) bond motifs is 6. The number of hydrogen-bond acceptors (Lipinski definition) is 1. The second-order valence-corrected chi connectivity index (χ2v) is 11.0. The topological polar surface area (TPSA) is 36.0 Å². The predicted molar refractivity (Wildman–Crippen MR) is 126 cm³/mol. The minimum Gasteiger partial charge on any atom is -0.508 e. The van der Waals surface area contributed by atoms with Crippen LogP contribution < -0.4 is 0 Å². The smallest absolute Gasteiger partial charge is 0.119 e. The molecule has 2 aliphatic rings. The van der Waals surface area contributed by atoms with E-state index < -0.39 is 0 Å². The van der Waals surface area contributed by atoms with E-state index in [-0.39, 0.29) is 10.8 Å². The summed E-state index contributed by atoms with van der Waals surface area (Å²) in [4.78, 5) is 3.89. The third-order valence-electron chi connectivity index (χ3n) is 8.65. The van der Waals surface area contributed by atoms with Crippen LogP contribution in [-0.4, -0.2) is 10.1 Å². The Hall–Kier alpha value is -2.22. The molecule has 2 N–H and O–H groups in total. The van der Waals surface area contributed by atoms with E-state index in [9.17, 15) is 5.11 Å². The number of aromatic nitrogens is 1. The Morgan fingerprint density at radius 3 is 2.47 bits per heavy atom. The molecule has 5 rings (SSSR count). The van der Waals surface area contributed by atoms with Crippen LogP contribution in [0.25, 0.3) is 10.9 Å². The Morgan fingerprint density at radius 2 is 1.77 bits per heavy atom. The second-order valence-electron chi connectivity index (χ2n) is 11.0. The van der Waals surface area contributed by atoms with Crippen LogP contribution in [0.15, 0.2) is 24.3 Å². The molecule has 0 amide bonds. The molecular formula is C28H35NO. The van der Waals surface area contributed by atoms with Crippen molar-refractivity contribution in [3.8, 4) is 5.75 Å². The molecule has 1 heterocycles. The van der Waals surface area contributed by atoms with Crippen molar-refractivity contribution in [1.82, 2.24) is 4.98 Å². The number of aryl methyl sites for hydroxylation is 2. The number of rotatable bonds is 1. The van der Waals surface area contributed by atoms with Crippen molar-refractivity contribution in [3.63, 3.8) is 0 Å². The number of benzene rings is 2. The van der Waals surface area contributed by atoms with Crippen molar-refractivity contribution in [1.29, 1.82) is 0 Å². The Kier molecular flexibility index (Phi) is 4.05. The second kappa shape index (κ2) is 6.15. The summed E-state index contributed by atoms with van der Waals surface area (Å²) in [7, 11) is 0. The molecule has 3 aromatic rings. The zero-order valence-electron chi connectivity index (χ0n) is 19.5. The zero-order chi connectivity index (χ0) is 21.6. The lowest BCUT2D eigenvalue weighted by Crippen LogP contribution is -2.51. The van der Waals surface area contributed by atoms with E-state index in [0.717, 1.165) is 12.8 Å². The minimum absolute atomic E-state index is 0.0786. The van der Waals surface area contributed by atoms with Crippen molar-refractivity contribution in [2.24, 2.45) is 5.92 Å². The molecule has 0 saturated carbocycles. The number of H-pyrrole nitrogens is 1. The average Bonchev–Trinajstić information content (AvgIpc) is 3.03. The molecular weight excluding hydrogens is 366 g/mol. The Balaban J connectivity index is 1.78. The van der Waals surface area contributed by atoms with Gasteiger partial charge >= 0.3 is 0 Å². The van der Waals surface area contributed by atoms with Gasteiger partial charge in [0.2, 0.25) is 0 Å². The van der Waals surface area contributed by atoms with Crippen LogP contribution >= 0.6 is 0 Å². The van der Waals surface area contributed by atoms with E-state index in [4.69, 9.17) is 0 Å². The molecule has 2 heteroatoms. The van der Waals surface area contributed by atoms with Gasteiger partial charge in [0, 0.05) is 27.4 Å². The van der Waals surface area contributed by atoms with Gasteiger partial charge < -0.3 is 10.1 Å². The van der Waals surface area contributed by atoms with Gasteiger partial charge in [-0.1, -0.05) is 52.8 Å². The Bertz CT molecular complexity index is 1180. The summed E-state index contributed by atoms with van der Waals surface area (Å²) in [5.41, 5.74) is 11.2. The summed E-state index contributed by atoms with van der Waals surface area (Å²) in [6, 6.07) is 8.78. The first-order valence-electron chi connectivity index (χ1n) is 11.5. The summed E-state index contributed by atoms with van der Waals surface area (Å²) in [5, 5.41) is 12.0. The molecule has 1 aromatic heterocycles. The van der Waals surface area contributed by atoms with Crippen LogP contribution in [0.1, 0.15) is 86.0 Å². The lowest BCUT2D eigenvalue weighted by molar-refractivity contribution is 0.137. The van der Waals surface area contributed by atoms with Crippen LogP contribution in [0.2, 0.25) is 0 Å². The van der Waals surface area contributed by atoms with Crippen LogP contribution in [0.5, 0.6) is 5.75 Å². The molecule has 0 fully saturated rings. The monoisotopic (exact) mass is 401 g/mol. The Morgan fingerprint density at radius 1 is 1.03 bits per heavy atom. The van der Waals surface area contributed by atoms with Gasteiger partial charge in [0.1, 0.15) is 5.75 Å². The molecule has 2 nitrogen and oxygen atoms in total. The highest BCUT2D eigenvalue weighted by molar-refractivity contribution is 5.89. The number of phenols is 1. The lowest BCUT2D eigenvalue weighted by Gasteiger charge is -2.54. The van der Waals surface area contributed by atoms with Crippen molar-refractivity contribution < 1.29 is 5.11 Å². The van der Waals surface area contributed by atoms with Crippen molar-refractivity contribution in [2.45, 2.75) is 84.5 Å². The summed E-state index contributed by atoms with van der Waals surface area (Å²) in [6.45, 7) is 16.2. The van der Waals surface area contributed by atoms with Gasteiger partial charge in [-0.05, 0) is 84.4 Å². The molecule has 0 radical (unpaired) electrons. The number of aromatic hydroxyl groups is 1. The van der Waals surface area contributed by atoms with Gasteiger partial charge in [-0.3, -0.25) is 0 Å². The highest BCUT2D eigenvalue weighted by Gasteiger charge is 2.53. The SMILES string of the molecule is Cc1ccc2c3c([nH]c2c1C)C(C)(C)[C@@H]1CCc2c(ccc(O)c2C(C)C)[C@@]1(C)C3. The molecule has 2 atom stereocenters. The molecule has 0 saturated heterocycles. The fourth-order valence-corrected chi connectivity index (χ4v) is 7.11. The predicted octanol–water partition coefficient (Wildman–Crippen LogP) is 6.97. The zero-order valence-corrected chi connectivity index (χ0v) is 19.5. The maximum Gasteiger partial charge on any atom is 0.119 e. The highest BCUT2D eigenvalue weighted by atomic mass is 16.3. The molecule has 2 aromatic carbocycles. The summed E-state index contributed by atoms with van der Waals surface area (Å²) in [5.74, 6) is 1.38. The average molecular weight is 402 g/mol. The number of aromatic amines is 1. The molecule has 2 aliphatic carbocycles. The van der Waals surface area contributed by atoms with Gasteiger partial charge in [-0.15, -0.1) is 0 Å². The standard InChI is InChI=1S/C28H35NO/c1-15(2)24-19-10-13-23-27(5,6)26-20(14-28(23,7)21(19)11-12-22(24)30)18-9-8-16(3)17(4)25(18)29-26/h8-9,11-12,15,23,29-30H,10,13-14H2,1-7H3/t23-,28+/m0/s1. The number of phenolic OH excluding ortho intramolecular Hbond substituents is 1. The van der Waals surface area contributed by atoms with Crippen LogP contribution in [0.4, 0.5) is 0 Å². The third-order valence-corrected chi connectivity index (χ3v) is 8.65. The minimum atomic E-state index is 0.0786. The molecule has 30 heavy (non-hydrogen) atoms. The van der Waals surface area contributed by atoms with E-state index in [1.54, 1.807) is 0 Å². The largest absolute Gasteiger partial charge is 0.508 e. The maximum atomic E-state index is 10.6. The quantitative estimate of drug-likeness (QED) is 0.454. The summed E-state index contributed by atoms with van der Waals surface area (Å²) in [6.07, 6.45) is 3.30. The van der Waals surface area contributed by atoms with Gasteiger partial charge in [0.15, 0.2) is 0 Å². The summed E-state index contributed by atoms with van der Waals surface area (Å²) < 4.78 is 0. The van der Waals surface area contributed by atoms with E-state index >= 15 is 0 Å². The van der Waals surface area contributed by atoms with Gasteiger partial charge in [-0.25, -0.2) is 0 Å². The molecule has 0 spiro atoms. The van der Waals surface area contributed by atoms with E-state index in [0.29, 0.717) is 17.6 Å². The lowest BCUT2D eigenvalue weighted by atomic mass is 9.49. The fraction of sp³-hybridized carbons (Fsp3) is 0.500. The van der Waals surface area contributed by atoms with Gasteiger partial charge in [-0.2, -0.15) is 0 Å². The van der Waals surface area contributed by atoms with Crippen LogP contribution in [-0.2, 0) is 23.7 Å². The first-order valence-corrected chi connectivity index (χ1v) is 11.5. The normalized spacial score (nSPS) is 24.6. The molecule has 158 valence electrons. The fourth-order valence-electron chi connectivity index (χ4n) is 7.11. The molecule has 0 aliphatic heterocycles. The van der Waals surface area contributed by atoms with Crippen molar-refractivity contribution in [2.75, 3.05) is 0 Å². The van der Waals surface area contributed by atoms with Crippen LogP contribution in [0, 0.1) is 19.8 Å². The molecule has 0 unspecified atom stereocenters. The molecule has 0 bridgehead atoms.